The van der Waals surface area contributed by atoms with Crippen LogP contribution in [0.5, 0.6) is 0 Å². The van der Waals surface area contributed by atoms with E-state index in [9.17, 15) is 4.79 Å². The van der Waals surface area contributed by atoms with Crippen LogP contribution in [0.25, 0.3) is 0 Å². The van der Waals surface area contributed by atoms with Crippen molar-refractivity contribution in [1.82, 2.24) is 4.90 Å². The Balaban J connectivity index is 2.09. The van der Waals surface area contributed by atoms with Crippen molar-refractivity contribution in [2.24, 2.45) is 0 Å². The van der Waals surface area contributed by atoms with Crippen molar-refractivity contribution in [2.75, 3.05) is 31.1 Å². The molecular weight excluding hydrogens is 264 g/mol. The lowest BCUT2D eigenvalue weighted by Gasteiger charge is -2.38. The molecule has 0 aromatic heterocycles. The maximum absolute atomic E-state index is 10.9. The lowest BCUT2D eigenvalue weighted by atomic mass is 10.1. The Morgan fingerprint density at radius 1 is 1.26 bits per heavy atom. The topological polar surface area (TPSA) is 43.8 Å². The average molecular weight is 283 g/mol. The van der Waals surface area contributed by atoms with Gasteiger partial charge < -0.3 is 10.0 Å². The number of anilines is 1. The number of halogens is 1. The van der Waals surface area contributed by atoms with Gasteiger partial charge in [0.15, 0.2) is 0 Å². The third kappa shape index (κ3) is 3.19. The van der Waals surface area contributed by atoms with Gasteiger partial charge in [0, 0.05) is 32.2 Å². The number of carboxylic acid groups (broad SMARTS) is 1. The minimum atomic E-state index is -0.946. The van der Waals surface area contributed by atoms with Crippen LogP contribution >= 0.6 is 11.6 Å². The van der Waals surface area contributed by atoms with E-state index in [1.807, 2.05) is 0 Å². The summed E-state index contributed by atoms with van der Waals surface area (Å²) in [5.41, 5.74) is 1.16. The minimum absolute atomic E-state index is 0.231. The van der Waals surface area contributed by atoms with E-state index >= 15 is 0 Å². The molecule has 0 unspecified atom stereocenters. The average Bonchev–Trinajstić information content (AvgIpc) is 2.38. The molecule has 19 heavy (non-hydrogen) atoms. The summed E-state index contributed by atoms with van der Waals surface area (Å²) >= 11 is 6.19. The van der Waals surface area contributed by atoms with Crippen LogP contribution in [0.3, 0.4) is 0 Å². The molecule has 0 bridgehead atoms. The Kier molecular flexibility index (Phi) is 4.32. The molecule has 4 nitrogen and oxygen atoms in total. The Hall–Kier alpha value is -1.26. The first-order valence-electron chi connectivity index (χ1n) is 6.51. The molecule has 5 heteroatoms. The van der Waals surface area contributed by atoms with E-state index in [1.165, 1.54) is 6.07 Å². The molecule has 1 N–H and O–H groups in total. The van der Waals surface area contributed by atoms with E-state index in [0.717, 1.165) is 31.9 Å². The molecule has 1 aromatic rings. The van der Waals surface area contributed by atoms with Crippen molar-refractivity contribution in [3.8, 4) is 0 Å². The summed E-state index contributed by atoms with van der Waals surface area (Å²) in [4.78, 5) is 15.5. The number of benzene rings is 1. The molecule has 2 rings (SSSR count). The Morgan fingerprint density at radius 3 is 2.37 bits per heavy atom. The summed E-state index contributed by atoms with van der Waals surface area (Å²) in [6, 6.07) is 5.50. The normalized spacial score (nSPS) is 16.9. The van der Waals surface area contributed by atoms with Crippen LogP contribution in [0.1, 0.15) is 24.2 Å². The fourth-order valence-corrected chi connectivity index (χ4v) is 2.68. The molecule has 1 aromatic carbocycles. The largest absolute Gasteiger partial charge is 0.478 e. The van der Waals surface area contributed by atoms with Gasteiger partial charge in [0.2, 0.25) is 0 Å². The van der Waals surface area contributed by atoms with E-state index in [4.69, 9.17) is 16.7 Å². The second-order valence-corrected chi connectivity index (χ2v) is 5.50. The van der Waals surface area contributed by atoms with E-state index in [0.29, 0.717) is 11.1 Å². The van der Waals surface area contributed by atoms with Gasteiger partial charge in [-0.05, 0) is 32.0 Å². The fourth-order valence-electron chi connectivity index (χ4n) is 2.38. The first kappa shape index (κ1) is 14.2. The summed E-state index contributed by atoms with van der Waals surface area (Å²) < 4.78 is 0. The Labute approximate surface area is 118 Å². The summed E-state index contributed by atoms with van der Waals surface area (Å²) in [5.74, 6) is -0.946. The number of hydrogen-bond donors (Lipinski definition) is 1. The summed E-state index contributed by atoms with van der Waals surface area (Å²) in [7, 11) is 0. The number of aromatic carboxylic acids is 1. The van der Waals surface area contributed by atoms with Crippen molar-refractivity contribution in [1.29, 1.82) is 0 Å². The number of rotatable bonds is 3. The number of piperazine rings is 1. The van der Waals surface area contributed by atoms with Crippen molar-refractivity contribution in [3.63, 3.8) is 0 Å². The third-order valence-corrected chi connectivity index (χ3v) is 3.88. The number of nitrogens with zero attached hydrogens (tertiary/aromatic N) is 2. The van der Waals surface area contributed by atoms with Gasteiger partial charge in [-0.15, -0.1) is 0 Å². The summed E-state index contributed by atoms with van der Waals surface area (Å²) in [6.07, 6.45) is 0. The number of hydrogen-bond acceptors (Lipinski definition) is 3. The summed E-state index contributed by atoms with van der Waals surface area (Å²) in [6.45, 7) is 8.26. The first-order chi connectivity index (χ1) is 8.99. The molecule has 1 aliphatic heterocycles. The summed E-state index contributed by atoms with van der Waals surface area (Å²) in [5, 5.41) is 9.44. The second-order valence-electron chi connectivity index (χ2n) is 5.09. The monoisotopic (exact) mass is 282 g/mol. The molecule has 1 aliphatic rings. The van der Waals surface area contributed by atoms with Gasteiger partial charge in [0.1, 0.15) is 0 Å². The predicted octanol–water partition coefficient (Wildman–Crippen LogP) is 2.57. The highest BCUT2D eigenvalue weighted by Crippen LogP contribution is 2.28. The number of carboxylic acids is 1. The highest BCUT2D eigenvalue weighted by molar-refractivity contribution is 6.33. The highest BCUT2D eigenvalue weighted by Gasteiger charge is 2.20. The zero-order valence-corrected chi connectivity index (χ0v) is 12.0. The van der Waals surface area contributed by atoms with Gasteiger partial charge >= 0.3 is 5.97 Å². The molecule has 0 radical (unpaired) electrons. The van der Waals surface area contributed by atoms with Crippen LogP contribution in [0, 0.1) is 0 Å². The van der Waals surface area contributed by atoms with Gasteiger partial charge in [-0.25, -0.2) is 4.79 Å². The maximum atomic E-state index is 10.9. The molecular formula is C14H19ClN2O2. The molecule has 1 saturated heterocycles. The molecule has 1 fully saturated rings. The number of carbonyl (C=O) groups is 1. The molecule has 0 aliphatic carbocycles. The van der Waals surface area contributed by atoms with Crippen LogP contribution < -0.4 is 4.90 Å². The van der Waals surface area contributed by atoms with Crippen LogP contribution in [0.2, 0.25) is 5.02 Å². The maximum Gasteiger partial charge on any atom is 0.335 e. The van der Waals surface area contributed by atoms with E-state index in [2.05, 4.69) is 23.6 Å². The quantitative estimate of drug-likeness (QED) is 0.925. The fraction of sp³-hybridized carbons (Fsp3) is 0.500. The van der Waals surface area contributed by atoms with Gasteiger partial charge in [0.25, 0.3) is 0 Å². The predicted molar refractivity (Wildman–Crippen MR) is 77.3 cm³/mol. The molecule has 0 atom stereocenters. The minimum Gasteiger partial charge on any atom is -0.478 e. The second kappa shape index (κ2) is 5.80. The lowest BCUT2D eigenvalue weighted by Crippen LogP contribution is -2.49. The third-order valence-electron chi connectivity index (χ3n) is 3.58. The standard InChI is InChI=1S/C14H19ClN2O2/c1-10(2)16-5-7-17(8-6-16)13-4-3-11(14(18)19)9-12(13)15/h3-4,9-10H,5-8H2,1-2H3,(H,18,19). The molecule has 0 saturated carbocycles. The smallest absolute Gasteiger partial charge is 0.335 e. The van der Waals surface area contributed by atoms with Crippen LogP contribution in [0.4, 0.5) is 5.69 Å². The van der Waals surface area contributed by atoms with Gasteiger partial charge in [-0.1, -0.05) is 11.6 Å². The molecule has 104 valence electrons. The zero-order chi connectivity index (χ0) is 14.0. The van der Waals surface area contributed by atoms with Crippen LogP contribution in [-0.4, -0.2) is 48.2 Å². The zero-order valence-electron chi connectivity index (χ0n) is 11.3. The molecule has 0 spiro atoms. The Morgan fingerprint density at radius 2 is 1.89 bits per heavy atom. The first-order valence-corrected chi connectivity index (χ1v) is 6.88. The van der Waals surface area contributed by atoms with Gasteiger partial charge in [0.05, 0.1) is 16.3 Å². The van der Waals surface area contributed by atoms with Crippen LogP contribution in [0.15, 0.2) is 18.2 Å². The Bertz CT molecular complexity index is 469. The van der Waals surface area contributed by atoms with E-state index in [-0.39, 0.29) is 5.56 Å². The van der Waals surface area contributed by atoms with Crippen molar-refractivity contribution < 1.29 is 9.90 Å². The molecule has 0 amide bonds. The van der Waals surface area contributed by atoms with Crippen molar-refractivity contribution in [3.05, 3.63) is 28.8 Å². The van der Waals surface area contributed by atoms with Crippen LogP contribution in [-0.2, 0) is 0 Å². The van der Waals surface area contributed by atoms with Gasteiger partial charge in [-0.2, -0.15) is 0 Å². The van der Waals surface area contributed by atoms with E-state index < -0.39 is 5.97 Å². The van der Waals surface area contributed by atoms with E-state index in [1.54, 1.807) is 12.1 Å². The highest BCUT2D eigenvalue weighted by atomic mass is 35.5. The van der Waals surface area contributed by atoms with Gasteiger partial charge in [-0.3, -0.25) is 4.90 Å². The van der Waals surface area contributed by atoms with Crippen molar-refractivity contribution in [2.45, 2.75) is 19.9 Å². The van der Waals surface area contributed by atoms with Crippen molar-refractivity contribution >= 4 is 23.3 Å². The molecule has 1 heterocycles. The SMILES string of the molecule is CC(C)N1CCN(c2ccc(C(=O)O)cc2Cl)CC1. The lowest BCUT2D eigenvalue weighted by molar-refractivity contribution is 0.0697.